The van der Waals surface area contributed by atoms with Crippen LogP contribution in [-0.4, -0.2) is 58.0 Å². The van der Waals surface area contributed by atoms with E-state index in [4.69, 9.17) is 4.74 Å². The normalized spacial score (nSPS) is 17.6. The zero-order valence-electron chi connectivity index (χ0n) is 15.2. The fourth-order valence-electron chi connectivity index (χ4n) is 3.01. The molecule has 1 aliphatic rings. The molecule has 0 bridgehead atoms. The van der Waals surface area contributed by atoms with Crippen molar-refractivity contribution in [3.05, 3.63) is 29.8 Å². The Morgan fingerprint density at radius 3 is 2.32 bits per heavy atom. The minimum Gasteiger partial charge on any atom is -0.379 e. The standard InChI is InChI=1S/C18H28N2O4S/c1-14(2)12-17(20-8-10-24-11-9-20)13-19-25(22,23)18-6-4-16(5-7-18)15(3)21/h4-7,14,17,19H,8-13H2,1-3H3. The number of carbonyl (C=O) groups is 1. The minimum atomic E-state index is -3.59. The first-order chi connectivity index (χ1) is 11.8. The first-order valence-corrected chi connectivity index (χ1v) is 10.2. The van der Waals surface area contributed by atoms with Crippen molar-refractivity contribution in [2.24, 2.45) is 5.92 Å². The van der Waals surface area contributed by atoms with Crippen LogP contribution in [0.5, 0.6) is 0 Å². The number of ketones is 1. The Kier molecular flexibility index (Phi) is 7.13. The first-order valence-electron chi connectivity index (χ1n) is 8.72. The Morgan fingerprint density at radius 2 is 1.80 bits per heavy atom. The summed E-state index contributed by atoms with van der Waals surface area (Å²) in [5.74, 6) is 0.397. The van der Waals surface area contributed by atoms with Crippen LogP contribution in [0, 0.1) is 5.92 Å². The number of benzene rings is 1. The second-order valence-corrected chi connectivity index (χ2v) is 8.63. The number of sulfonamides is 1. The lowest BCUT2D eigenvalue weighted by molar-refractivity contribution is 0.0134. The lowest BCUT2D eigenvalue weighted by Gasteiger charge is -2.35. The highest BCUT2D eigenvalue weighted by Crippen LogP contribution is 2.15. The molecule has 0 aliphatic carbocycles. The van der Waals surface area contributed by atoms with Gasteiger partial charge in [0.15, 0.2) is 5.78 Å². The summed E-state index contributed by atoms with van der Waals surface area (Å²) in [5, 5.41) is 0. The predicted octanol–water partition coefficient (Wildman–Crippen LogP) is 1.91. The van der Waals surface area contributed by atoms with Gasteiger partial charge in [0.2, 0.25) is 10.0 Å². The van der Waals surface area contributed by atoms with Gasteiger partial charge in [-0.25, -0.2) is 13.1 Å². The third-order valence-electron chi connectivity index (χ3n) is 4.39. The van der Waals surface area contributed by atoms with E-state index in [2.05, 4.69) is 23.5 Å². The molecule has 1 unspecified atom stereocenters. The van der Waals surface area contributed by atoms with Gasteiger partial charge in [-0.15, -0.1) is 0 Å². The molecule has 0 spiro atoms. The predicted molar refractivity (Wildman–Crippen MR) is 97.3 cm³/mol. The zero-order chi connectivity index (χ0) is 18.4. The van der Waals surface area contributed by atoms with E-state index in [0.717, 1.165) is 19.5 Å². The highest BCUT2D eigenvalue weighted by atomic mass is 32.2. The largest absolute Gasteiger partial charge is 0.379 e. The summed E-state index contributed by atoms with van der Waals surface area (Å²) in [5.41, 5.74) is 0.505. The molecule has 1 saturated heterocycles. The molecule has 7 heteroatoms. The molecule has 1 aromatic rings. The molecule has 6 nitrogen and oxygen atoms in total. The maximum atomic E-state index is 12.5. The fourth-order valence-corrected chi connectivity index (χ4v) is 4.08. The molecule has 1 aromatic carbocycles. The van der Waals surface area contributed by atoms with Crippen molar-refractivity contribution in [2.45, 2.75) is 38.1 Å². The third kappa shape index (κ3) is 5.88. The van der Waals surface area contributed by atoms with Crippen LogP contribution in [0.1, 0.15) is 37.6 Å². The maximum Gasteiger partial charge on any atom is 0.240 e. The van der Waals surface area contributed by atoms with Gasteiger partial charge in [0.1, 0.15) is 0 Å². The van der Waals surface area contributed by atoms with Crippen molar-refractivity contribution < 1.29 is 17.9 Å². The van der Waals surface area contributed by atoms with Crippen molar-refractivity contribution in [3.63, 3.8) is 0 Å². The molecule has 1 fully saturated rings. The Hall–Kier alpha value is -1.28. The van der Waals surface area contributed by atoms with Crippen LogP contribution in [0.15, 0.2) is 29.2 Å². The summed E-state index contributed by atoms with van der Waals surface area (Å²) in [6.07, 6.45) is 0.922. The summed E-state index contributed by atoms with van der Waals surface area (Å²) < 4.78 is 33.2. The average molecular weight is 368 g/mol. The number of rotatable bonds is 8. The van der Waals surface area contributed by atoms with Crippen molar-refractivity contribution >= 4 is 15.8 Å². The molecule has 1 heterocycles. The quantitative estimate of drug-likeness (QED) is 0.710. The Bertz CT molecular complexity index is 665. The van der Waals surface area contributed by atoms with Crippen LogP contribution in [0.2, 0.25) is 0 Å². The summed E-state index contributed by atoms with van der Waals surface area (Å²) in [4.78, 5) is 13.8. The van der Waals surface area contributed by atoms with Gasteiger partial charge < -0.3 is 4.74 Å². The monoisotopic (exact) mass is 368 g/mol. The molecule has 0 radical (unpaired) electrons. The van der Waals surface area contributed by atoms with Gasteiger partial charge in [0.25, 0.3) is 0 Å². The summed E-state index contributed by atoms with van der Waals surface area (Å²) in [6.45, 7) is 9.14. The van der Waals surface area contributed by atoms with Gasteiger partial charge >= 0.3 is 0 Å². The summed E-state index contributed by atoms with van der Waals surface area (Å²) in [7, 11) is -3.59. The zero-order valence-corrected chi connectivity index (χ0v) is 16.0. The second kappa shape index (κ2) is 8.89. The van der Waals surface area contributed by atoms with E-state index in [1.165, 1.54) is 19.1 Å². The van der Waals surface area contributed by atoms with Gasteiger partial charge in [-0.1, -0.05) is 26.0 Å². The number of hydrogen-bond donors (Lipinski definition) is 1. The molecule has 0 saturated carbocycles. The van der Waals surface area contributed by atoms with Crippen molar-refractivity contribution in [1.29, 1.82) is 0 Å². The van der Waals surface area contributed by atoms with Crippen LogP contribution in [0.4, 0.5) is 0 Å². The van der Waals surface area contributed by atoms with E-state index >= 15 is 0 Å². The highest BCUT2D eigenvalue weighted by molar-refractivity contribution is 7.89. The molecule has 1 N–H and O–H groups in total. The average Bonchev–Trinajstić information content (AvgIpc) is 2.59. The molecule has 0 amide bonds. The minimum absolute atomic E-state index is 0.0822. The summed E-state index contributed by atoms with van der Waals surface area (Å²) in [6, 6.07) is 6.20. The molecular formula is C18H28N2O4S. The number of Topliss-reactive ketones (excluding diaryl/α,β-unsaturated/α-hetero) is 1. The molecular weight excluding hydrogens is 340 g/mol. The van der Waals surface area contributed by atoms with E-state index in [1.807, 2.05) is 0 Å². The topological polar surface area (TPSA) is 75.7 Å². The maximum absolute atomic E-state index is 12.5. The molecule has 140 valence electrons. The molecule has 25 heavy (non-hydrogen) atoms. The van der Waals surface area contributed by atoms with Crippen LogP contribution >= 0.6 is 0 Å². The second-order valence-electron chi connectivity index (χ2n) is 6.86. The highest BCUT2D eigenvalue weighted by Gasteiger charge is 2.24. The SMILES string of the molecule is CC(=O)c1ccc(S(=O)(=O)NCC(CC(C)C)N2CCOCC2)cc1. The van der Waals surface area contributed by atoms with Crippen LogP contribution in [0.3, 0.4) is 0 Å². The number of carbonyl (C=O) groups excluding carboxylic acids is 1. The fraction of sp³-hybridized carbons (Fsp3) is 0.611. The number of nitrogens with one attached hydrogen (secondary N) is 1. The van der Waals surface area contributed by atoms with Gasteiger partial charge in [-0.2, -0.15) is 0 Å². The van der Waals surface area contributed by atoms with E-state index in [9.17, 15) is 13.2 Å². The Labute approximate surface area is 150 Å². The molecule has 1 aliphatic heterocycles. The van der Waals surface area contributed by atoms with Gasteiger partial charge in [0.05, 0.1) is 18.1 Å². The van der Waals surface area contributed by atoms with E-state index in [1.54, 1.807) is 12.1 Å². The number of morpholine rings is 1. The van der Waals surface area contributed by atoms with Crippen molar-refractivity contribution in [1.82, 2.24) is 9.62 Å². The first kappa shape index (κ1) is 20.0. The van der Waals surface area contributed by atoms with E-state index in [0.29, 0.717) is 31.2 Å². The van der Waals surface area contributed by atoms with Crippen molar-refractivity contribution in [2.75, 3.05) is 32.8 Å². The van der Waals surface area contributed by atoms with Gasteiger partial charge in [0, 0.05) is 31.2 Å². The lowest BCUT2D eigenvalue weighted by Crippen LogP contribution is -2.49. The smallest absolute Gasteiger partial charge is 0.240 e. The molecule has 0 aromatic heterocycles. The van der Waals surface area contributed by atoms with E-state index < -0.39 is 10.0 Å². The molecule has 2 rings (SSSR count). The van der Waals surface area contributed by atoms with Crippen LogP contribution < -0.4 is 4.72 Å². The van der Waals surface area contributed by atoms with Crippen molar-refractivity contribution in [3.8, 4) is 0 Å². The summed E-state index contributed by atoms with van der Waals surface area (Å²) >= 11 is 0. The van der Waals surface area contributed by atoms with E-state index in [-0.39, 0.29) is 16.7 Å². The van der Waals surface area contributed by atoms with Crippen LogP contribution in [0.25, 0.3) is 0 Å². The third-order valence-corrected chi connectivity index (χ3v) is 5.83. The van der Waals surface area contributed by atoms with Gasteiger partial charge in [-0.3, -0.25) is 9.69 Å². The number of hydrogen-bond acceptors (Lipinski definition) is 5. The Morgan fingerprint density at radius 1 is 1.20 bits per heavy atom. The Balaban J connectivity index is 2.05. The number of nitrogens with zero attached hydrogens (tertiary/aromatic N) is 1. The number of ether oxygens (including phenoxy) is 1. The van der Waals surface area contributed by atoms with Gasteiger partial charge in [-0.05, 0) is 31.4 Å². The molecule has 1 atom stereocenters. The van der Waals surface area contributed by atoms with Crippen LogP contribution in [-0.2, 0) is 14.8 Å². The lowest BCUT2D eigenvalue weighted by atomic mass is 10.0.